The molecule has 2 aromatic rings. The third kappa shape index (κ3) is 5.77. The summed E-state index contributed by atoms with van der Waals surface area (Å²) in [5.41, 5.74) is 3.30. The molecule has 0 saturated carbocycles. The SMILES string of the molecule is COc1ccc(/C=N/NC(=O)CNC(=O)c2cc(Cl)ccc2Cl)cc1. The van der Waals surface area contributed by atoms with Gasteiger partial charge in [-0.3, -0.25) is 9.59 Å². The summed E-state index contributed by atoms with van der Waals surface area (Å²) in [6.07, 6.45) is 1.48. The largest absolute Gasteiger partial charge is 0.497 e. The molecule has 0 saturated heterocycles. The van der Waals surface area contributed by atoms with Crippen molar-refractivity contribution < 1.29 is 14.3 Å². The minimum absolute atomic E-state index is 0.198. The summed E-state index contributed by atoms with van der Waals surface area (Å²) in [4.78, 5) is 23.7. The Morgan fingerprint density at radius 1 is 1.16 bits per heavy atom. The maximum atomic E-state index is 12.0. The van der Waals surface area contributed by atoms with Crippen molar-refractivity contribution in [1.29, 1.82) is 0 Å². The number of halogens is 2. The van der Waals surface area contributed by atoms with Gasteiger partial charge < -0.3 is 10.1 Å². The number of hydrogen-bond acceptors (Lipinski definition) is 4. The van der Waals surface area contributed by atoms with Gasteiger partial charge in [0.1, 0.15) is 5.75 Å². The average Bonchev–Trinajstić information content (AvgIpc) is 2.62. The highest BCUT2D eigenvalue weighted by Gasteiger charge is 2.12. The van der Waals surface area contributed by atoms with Gasteiger partial charge in [-0.2, -0.15) is 5.10 Å². The van der Waals surface area contributed by atoms with E-state index < -0.39 is 11.8 Å². The van der Waals surface area contributed by atoms with Crippen molar-refractivity contribution in [2.24, 2.45) is 5.10 Å². The molecule has 0 heterocycles. The number of nitrogens with zero attached hydrogens (tertiary/aromatic N) is 1. The van der Waals surface area contributed by atoms with Crippen LogP contribution in [0.5, 0.6) is 5.75 Å². The zero-order chi connectivity index (χ0) is 18.2. The molecule has 0 unspecified atom stereocenters. The Balaban J connectivity index is 1.82. The zero-order valence-electron chi connectivity index (χ0n) is 13.3. The number of nitrogens with one attached hydrogen (secondary N) is 2. The Hall–Kier alpha value is -2.57. The van der Waals surface area contributed by atoms with E-state index >= 15 is 0 Å². The molecule has 0 aliphatic rings. The number of hydrogen-bond donors (Lipinski definition) is 2. The highest BCUT2D eigenvalue weighted by Crippen LogP contribution is 2.20. The standard InChI is InChI=1S/C17H15Cl2N3O3/c1-25-13-5-2-11(3-6-13)9-21-22-16(23)10-20-17(24)14-8-12(18)4-7-15(14)19/h2-9H,10H2,1H3,(H,20,24)(H,22,23)/b21-9+. The molecule has 0 aromatic heterocycles. The van der Waals surface area contributed by atoms with Gasteiger partial charge >= 0.3 is 0 Å². The summed E-state index contributed by atoms with van der Waals surface area (Å²) in [7, 11) is 1.58. The van der Waals surface area contributed by atoms with Gasteiger partial charge in [0.15, 0.2) is 0 Å². The van der Waals surface area contributed by atoms with Crippen LogP contribution in [-0.4, -0.2) is 31.7 Å². The van der Waals surface area contributed by atoms with Crippen LogP contribution in [0.2, 0.25) is 10.0 Å². The molecule has 130 valence electrons. The Labute approximate surface area is 154 Å². The van der Waals surface area contributed by atoms with Crippen molar-refractivity contribution in [2.45, 2.75) is 0 Å². The molecule has 0 radical (unpaired) electrons. The summed E-state index contributed by atoms with van der Waals surface area (Å²) < 4.78 is 5.05. The van der Waals surface area contributed by atoms with E-state index in [2.05, 4.69) is 15.8 Å². The van der Waals surface area contributed by atoms with E-state index in [0.717, 1.165) is 11.3 Å². The van der Waals surface area contributed by atoms with Crippen LogP contribution < -0.4 is 15.5 Å². The lowest BCUT2D eigenvalue weighted by molar-refractivity contribution is -0.120. The van der Waals surface area contributed by atoms with Crippen LogP contribution in [0.3, 0.4) is 0 Å². The number of rotatable bonds is 6. The van der Waals surface area contributed by atoms with Crippen LogP contribution in [0.25, 0.3) is 0 Å². The first-order chi connectivity index (χ1) is 12.0. The second kappa shape index (κ2) is 9.05. The zero-order valence-corrected chi connectivity index (χ0v) is 14.8. The van der Waals surface area contributed by atoms with Crippen LogP contribution in [0.4, 0.5) is 0 Å². The number of methoxy groups -OCH3 is 1. The van der Waals surface area contributed by atoms with Crippen molar-refractivity contribution in [3.63, 3.8) is 0 Å². The minimum atomic E-state index is -0.498. The molecule has 0 atom stereocenters. The van der Waals surface area contributed by atoms with E-state index in [1.54, 1.807) is 37.4 Å². The second-order valence-electron chi connectivity index (χ2n) is 4.87. The van der Waals surface area contributed by atoms with Gasteiger partial charge in [-0.05, 0) is 48.0 Å². The van der Waals surface area contributed by atoms with Crippen molar-refractivity contribution in [3.8, 4) is 5.75 Å². The third-order valence-electron chi connectivity index (χ3n) is 3.10. The molecule has 6 nitrogen and oxygen atoms in total. The number of carbonyl (C=O) groups excluding carboxylic acids is 2. The first kappa shape index (κ1) is 18.8. The van der Waals surface area contributed by atoms with Crippen molar-refractivity contribution >= 4 is 41.2 Å². The quantitative estimate of drug-likeness (QED) is 0.598. The van der Waals surface area contributed by atoms with E-state index in [-0.39, 0.29) is 17.1 Å². The van der Waals surface area contributed by atoms with Crippen molar-refractivity contribution in [2.75, 3.05) is 13.7 Å². The van der Waals surface area contributed by atoms with E-state index in [9.17, 15) is 9.59 Å². The van der Waals surface area contributed by atoms with E-state index in [4.69, 9.17) is 27.9 Å². The maximum absolute atomic E-state index is 12.0. The fourth-order valence-electron chi connectivity index (χ4n) is 1.84. The lowest BCUT2D eigenvalue weighted by Gasteiger charge is -2.06. The van der Waals surface area contributed by atoms with E-state index in [1.165, 1.54) is 18.3 Å². The Morgan fingerprint density at radius 3 is 2.56 bits per heavy atom. The predicted octanol–water partition coefficient (Wildman–Crippen LogP) is 2.88. The molecule has 0 aliphatic carbocycles. The number of carbonyl (C=O) groups is 2. The lowest BCUT2D eigenvalue weighted by atomic mass is 10.2. The molecule has 2 amide bonds. The lowest BCUT2D eigenvalue weighted by Crippen LogP contribution is -2.35. The highest BCUT2D eigenvalue weighted by molar-refractivity contribution is 6.35. The molecular weight excluding hydrogens is 365 g/mol. The molecule has 2 aromatic carbocycles. The van der Waals surface area contributed by atoms with Crippen LogP contribution in [0, 0.1) is 0 Å². The van der Waals surface area contributed by atoms with Crippen molar-refractivity contribution in [3.05, 3.63) is 63.6 Å². The Kier molecular flexibility index (Phi) is 6.80. The number of amides is 2. The summed E-state index contributed by atoms with van der Waals surface area (Å²) in [5.74, 6) is -0.248. The van der Waals surface area contributed by atoms with Crippen LogP contribution in [-0.2, 0) is 4.79 Å². The molecule has 0 spiro atoms. The van der Waals surface area contributed by atoms with Crippen LogP contribution in [0.1, 0.15) is 15.9 Å². The first-order valence-corrected chi connectivity index (χ1v) is 7.94. The molecule has 8 heteroatoms. The normalized spacial score (nSPS) is 10.5. The third-order valence-corrected chi connectivity index (χ3v) is 3.67. The van der Waals surface area contributed by atoms with Gasteiger partial charge in [-0.15, -0.1) is 0 Å². The van der Waals surface area contributed by atoms with E-state index in [0.29, 0.717) is 5.02 Å². The monoisotopic (exact) mass is 379 g/mol. The minimum Gasteiger partial charge on any atom is -0.497 e. The summed E-state index contributed by atoms with van der Waals surface area (Å²) >= 11 is 11.8. The smallest absolute Gasteiger partial charge is 0.259 e. The highest BCUT2D eigenvalue weighted by atomic mass is 35.5. The number of hydrazone groups is 1. The van der Waals surface area contributed by atoms with Crippen LogP contribution in [0.15, 0.2) is 47.6 Å². The maximum Gasteiger partial charge on any atom is 0.259 e. The van der Waals surface area contributed by atoms with Gasteiger partial charge in [0.25, 0.3) is 11.8 Å². The van der Waals surface area contributed by atoms with Gasteiger partial charge in [0.2, 0.25) is 0 Å². The fraction of sp³-hybridized carbons (Fsp3) is 0.118. The van der Waals surface area contributed by atoms with Gasteiger partial charge in [-0.25, -0.2) is 5.43 Å². The molecular formula is C17H15Cl2N3O3. The molecule has 0 fully saturated rings. The molecule has 2 N–H and O–H groups in total. The summed E-state index contributed by atoms with van der Waals surface area (Å²) in [6.45, 7) is -0.248. The topological polar surface area (TPSA) is 79.8 Å². The second-order valence-corrected chi connectivity index (χ2v) is 5.72. The molecule has 0 aliphatic heterocycles. The van der Waals surface area contributed by atoms with Crippen molar-refractivity contribution in [1.82, 2.24) is 10.7 Å². The molecule has 25 heavy (non-hydrogen) atoms. The van der Waals surface area contributed by atoms with Gasteiger partial charge in [0.05, 0.1) is 30.5 Å². The van der Waals surface area contributed by atoms with Gasteiger partial charge in [0, 0.05) is 5.02 Å². The molecule has 2 rings (SSSR count). The molecule has 0 bridgehead atoms. The number of ether oxygens (including phenoxy) is 1. The predicted molar refractivity (Wildman–Crippen MR) is 97.5 cm³/mol. The van der Waals surface area contributed by atoms with E-state index in [1.807, 2.05) is 0 Å². The average molecular weight is 380 g/mol. The fourth-order valence-corrected chi connectivity index (χ4v) is 2.21. The number of benzene rings is 2. The summed E-state index contributed by atoms with van der Waals surface area (Å²) in [5, 5.41) is 6.89. The van der Waals surface area contributed by atoms with Gasteiger partial charge in [-0.1, -0.05) is 23.2 Å². The Morgan fingerprint density at radius 2 is 1.88 bits per heavy atom. The Bertz CT molecular complexity index is 792. The first-order valence-electron chi connectivity index (χ1n) is 7.19. The van der Waals surface area contributed by atoms with Crippen LogP contribution >= 0.6 is 23.2 Å². The summed E-state index contributed by atoms with van der Waals surface area (Å²) in [6, 6.07) is 11.6.